The lowest BCUT2D eigenvalue weighted by atomic mass is 9.88. The monoisotopic (exact) mass is 414 g/mol. The van der Waals surface area contributed by atoms with E-state index in [1.54, 1.807) is 0 Å². The van der Waals surface area contributed by atoms with E-state index in [9.17, 15) is 5.11 Å². The summed E-state index contributed by atoms with van der Waals surface area (Å²) in [6.07, 6.45) is 2.43. The summed E-state index contributed by atoms with van der Waals surface area (Å²) < 4.78 is 0. The lowest BCUT2D eigenvalue weighted by Crippen LogP contribution is -2.45. The second-order valence-electron chi connectivity index (χ2n) is 8.06. The van der Waals surface area contributed by atoms with Crippen LogP contribution in [0.15, 0.2) is 52.8 Å². The van der Waals surface area contributed by atoms with Crippen molar-refractivity contribution in [3.8, 4) is 0 Å². The second kappa shape index (κ2) is 10.2. The summed E-state index contributed by atoms with van der Waals surface area (Å²) in [5.74, 6) is 1.30. The number of hydrogen-bond acceptors (Lipinski definition) is 4. The highest BCUT2D eigenvalue weighted by molar-refractivity contribution is 7.10. The fourth-order valence-electron chi connectivity index (χ4n) is 4.07. The highest BCUT2D eigenvalue weighted by atomic mass is 32.1. The molecule has 1 aliphatic heterocycles. The molecule has 2 heterocycles. The Hall–Kier alpha value is -1.89. The number of likely N-dealkylation sites (tertiary alicyclic amines) is 1. The van der Waals surface area contributed by atoms with Crippen LogP contribution in [0.4, 0.5) is 0 Å². The topological polar surface area (TPSA) is 59.9 Å². The average molecular weight is 415 g/mol. The zero-order valence-electron chi connectivity index (χ0n) is 17.8. The fraction of sp³-hybridized carbons (Fsp3) is 0.522. The number of aliphatic imine (C=N–C) groups is 1. The highest BCUT2D eigenvalue weighted by Crippen LogP contribution is 2.36. The number of thiophene rings is 1. The van der Waals surface area contributed by atoms with Crippen molar-refractivity contribution in [1.82, 2.24) is 15.5 Å². The van der Waals surface area contributed by atoms with Gasteiger partial charge in [-0.1, -0.05) is 36.4 Å². The van der Waals surface area contributed by atoms with Crippen LogP contribution in [0.3, 0.4) is 0 Å². The molecule has 29 heavy (non-hydrogen) atoms. The molecule has 0 bridgehead atoms. The Morgan fingerprint density at radius 3 is 2.72 bits per heavy atom. The summed E-state index contributed by atoms with van der Waals surface area (Å²) in [5, 5.41) is 19.9. The molecule has 1 aromatic carbocycles. The SMILES string of the molecule is CCNC(=NCC(C)(O)c1ccccc1)NCC1CCCN(C)C1c1cccs1. The van der Waals surface area contributed by atoms with Gasteiger partial charge in [0.1, 0.15) is 5.60 Å². The van der Waals surface area contributed by atoms with Crippen LogP contribution >= 0.6 is 11.3 Å². The first-order valence-corrected chi connectivity index (χ1v) is 11.4. The maximum atomic E-state index is 10.9. The zero-order chi connectivity index (χ0) is 20.7. The fourth-order valence-corrected chi connectivity index (χ4v) is 5.06. The molecule has 2 aromatic rings. The third kappa shape index (κ3) is 5.81. The Bertz CT molecular complexity index is 760. The summed E-state index contributed by atoms with van der Waals surface area (Å²) >= 11 is 1.84. The number of benzene rings is 1. The Labute approximate surface area is 178 Å². The molecule has 0 saturated carbocycles. The van der Waals surface area contributed by atoms with E-state index in [2.05, 4.69) is 52.0 Å². The molecule has 3 N–H and O–H groups in total. The van der Waals surface area contributed by atoms with Crippen molar-refractivity contribution in [2.75, 3.05) is 33.2 Å². The van der Waals surface area contributed by atoms with E-state index in [-0.39, 0.29) is 0 Å². The summed E-state index contributed by atoms with van der Waals surface area (Å²) in [4.78, 5) is 8.60. The Kier molecular flexibility index (Phi) is 7.70. The molecule has 1 aromatic heterocycles. The molecule has 1 saturated heterocycles. The predicted molar refractivity (Wildman–Crippen MR) is 122 cm³/mol. The number of rotatable bonds is 7. The number of nitrogens with one attached hydrogen (secondary N) is 2. The number of piperidine rings is 1. The van der Waals surface area contributed by atoms with E-state index in [1.807, 2.05) is 48.6 Å². The first kappa shape index (κ1) is 21.8. The molecular weight excluding hydrogens is 380 g/mol. The molecule has 0 spiro atoms. The molecule has 0 amide bonds. The number of nitrogens with zero attached hydrogens (tertiary/aromatic N) is 2. The smallest absolute Gasteiger partial charge is 0.191 e. The average Bonchev–Trinajstić information content (AvgIpc) is 3.25. The summed E-state index contributed by atoms with van der Waals surface area (Å²) in [6.45, 7) is 7.00. The van der Waals surface area contributed by atoms with Gasteiger partial charge in [-0.3, -0.25) is 4.90 Å². The van der Waals surface area contributed by atoms with Gasteiger partial charge >= 0.3 is 0 Å². The molecule has 0 aliphatic carbocycles. The maximum absolute atomic E-state index is 10.9. The van der Waals surface area contributed by atoms with Gasteiger partial charge in [-0.15, -0.1) is 11.3 Å². The largest absolute Gasteiger partial charge is 0.384 e. The van der Waals surface area contributed by atoms with Gasteiger partial charge in [0.05, 0.1) is 6.54 Å². The molecule has 1 fully saturated rings. The molecule has 0 radical (unpaired) electrons. The van der Waals surface area contributed by atoms with Crippen molar-refractivity contribution in [1.29, 1.82) is 0 Å². The molecule has 3 unspecified atom stereocenters. The molecule has 1 aliphatic rings. The van der Waals surface area contributed by atoms with Gasteiger partial charge in [0, 0.05) is 24.0 Å². The van der Waals surface area contributed by atoms with Gasteiger partial charge < -0.3 is 15.7 Å². The Morgan fingerprint density at radius 2 is 2.03 bits per heavy atom. The summed E-state index contributed by atoms with van der Waals surface area (Å²) in [7, 11) is 2.23. The van der Waals surface area contributed by atoms with Crippen LogP contribution in [-0.2, 0) is 5.60 Å². The van der Waals surface area contributed by atoms with E-state index < -0.39 is 5.60 Å². The van der Waals surface area contributed by atoms with Gasteiger partial charge in [-0.25, -0.2) is 4.99 Å². The zero-order valence-corrected chi connectivity index (χ0v) is 18.6. The van der Waals surface area contributed by atoms with Crippen molar-refractivity contribution in [3.05, 3.63) is 58.3 Å². The van der Waals surface area contributed by atoms with Crippen LogP contribution in [0.2, 0.25) is 0 Å². The third-order valence-electron chi connectivity index (χ3n) is 5.66. The van der Waals surface area contributed by atoms with Crippen LogP contribution in [0.1, 0.15) is 43.2 Å². The molecule has 3 atom stereocenters. The summed E-state index contributed by atoms with van der Waals surface area (Å²) in [5.41, 5.74) is -0.111. The van der Waals surface area contributed by atoms with E-state index in [0.29, 0.717) is 18.5 Å². The van der Waals surface area contributed by atoms with Gasteiger partial charge in [-0.2, -0.15) is 0 Å². The Balaban J connectivity index is 1.66. The van der Waals surface area contributed by atoms with E-state index >= 15 is 0 Å². The standard InChI is InChI=1S/C23H34N4OS/c1-4-24-22(26-17-23(2,28)19-11-6-5-7-12-19)25-16-18-10-8-14-27(3)21(18)20-13-9-15-29-20/h5-7,9,11-13,15,18,21,28H,4,8,10,14,16-17H2,1-3H3,(H2,24,25,26). The number of guanidine groups is 1. The van der Waals surface area contributed by atoms with Gasteiger partial charge in [-0.05, 0) is 63.2 Å². The van der Waals surface area contributed by atoms with E-state index in [1.165, 1.54) is 17.7 Å². The molecule has 158 valence electrons. The summed E-state index contributed by atoms with van der Waals surface area (Å²) in [6, 6.07) is 14.6. The van der Waals surface area contributed by atoms with Crippen molar-refractivity contribution < 1.29 is 5.11 Å². The van der Waals surface area contributed by atoms with E-state index in [4.69, 9.17) is 0 Å². The first-order valence-electron chi connectivity index (χ1n) is 10.5. The molecule has 6 heteroatoms. The van der Waals surface area contributed by atoms with Crippen molar-refractivity contribution in [2.45, 2.75) is 38.3 Å². The highest BCUT2D eigenvalue weighted by Gasteiger charge is 2.31. The van der Waals surface area contributed by atoms with Crippen LogP contribution in [-0.4, -0.2) is 49.2 Å². The van der Waals surface area contributed by atoms with Crippen LogP contribution in [0.25, 0.3) is 0 Å². The minimum atomic E-state index is -0.992. The Morgan fingerprint density at radius 1 is 1.24 bits per heavy atom. The molecule has 3 rings (SSSR count). The van der Waals surface area contributed by atoms with Gasteiger partial charge in [0.15, 0.2) is 5.96 Å². The molecule has 5 nitrogen and oxygen atoms in total. The maximum Gasteiger partial charge on any atom is 0.191 e. The normalized spacial score (nSPS) is 22.8. The van der Waals surface area contributed by atoms with Crippen molar-refractivity contribution in [2.24, 2.45) is 10.9 Å². The van der Waals surface area contributed by atoms with Crippen molar-refractivity contribution in [3.63, 3.8) is 0 Å². The number of hydrogen-bond donors (Lipinski definition) is 3. The van der Waals surface area contributed by atoms with E-state index in [0.717, 1.165) is 31.2 Å². The molecular formula is C23H34N4OS. The van der Waals surface area contributed by atoms with Crippen LogP contribution in [0.5, 0.6) is 0 Å². The minimum absolute atomic E-state index is 0.311. The van der Waals surface area contributed by atoms with Crippen LogP contribution in [0, 0.1) is 5.92 Å². The predicted octanol–water partition coefficient (Wildman–Crippen LogP) is 3.59. The van der Waals surface area contributed by atoms with Gasteiger partial charge in [0.2, 0.25) is 0 Å². The van der Waals surface area contributed by atoms with Gasteiger partial charge in [0.25, 0.3) is 0 Å². The first-order chi connectivity index (χ1) is 14.0. The third-order valence-corrected chi connectivity index (χ3v) is 6.60. The number of aliphatic hydroxyl groups is 1. The van der Waals surface area contributed by atoms with Crippen LogP contribution < -0.4 is 10.6 Å². The quantitative estimate of drug-likeness (QED) is 0.479. The second-order valence-corrected chi connectivity index (χ2v) is 9.04. The van der Waals surface area contributed by atoms with Crippen molar-refractivity contribution >= 4 is 17.3 Å². The minimum Gasteiger partial charge on any atom is -0.384 e. The lowest BCUT2D eigenvalue weighted by molar-refractivity contribution is 0.0672. The lowest BCUT2D eigenvalue weighted by Gasteiger charge is -2.39.